The quantitative estimate of drug-likeness (QED) is 0.151. The van der Waals surface area contributed by atoms with Crippen molar-refractivity contribution in [2.75, 3.05) is 9.80 Å². The zero-order chi connectivity index (χ0) is 45.9. The molecule has 0 bridgehead atoms. The monoisotopic (exact) mass is 890 g/mol. The molecule has 0 aliphatic rings. The molecule has 0 aliphatic carbocycles. The third-order valence-corrected chi connectivity index (χ3v) is 14.7. The van der Waals surface area contributed by atoms with Crippen LogP contribution in [-0.2, 0) is 0 Å². The van der Waals surface area contributed by atoms with Gasteiger partial charge in [0.2, 0.25) is 0 Å². The maximum Gasteiger partial charge on any atom is 0.0622 e. The Hall–Kier alpha value is -9.38. The summed E-state index contributed by atoms with van der Waals surface area (Å²) in [4.78, 5) is 4.88. The molecular weight excluding hydrogens is 849 g/mol. The molecule has 4 nitrogen and oxygen atoms in total. The Bertz CT molecular complexity index is 4040. The first kappa shape index (κ1) is 38.7. The highest BCUT2D eigenvalue weighted by atomic mass is 15.2. The number of hydrogen-bond donors (Lipinski definition) is 0. The van der Waals surface area contributed by atoms with Crippen LogP contribution in [0.1, 0.15) is 0 Å². The zero-order valence-electron chi connectivity index (χ0n) is 38.0. The molecule has 0 saturated carbocycles. The molecule has 4 heterocycles. The molecule has 326 valence electrons. The van der Waals surface area contributed by atoms with E-state index < -0.39 is 0 Å². The summed E-state index contributed by atoms with van der Waals surface area (Å²) in [7, 11) is 0. The summed E-state index contributed by atoms with van der Waals surface area (Å²) >= 11 is 0. The lowest BCUT2D eigenvalue weighted by atomic mass is 10.0. The third-order valence-electron chi connectivity index (χ3n) is 14.7. The lowest BCUT2D eigenvalue weighted by Crippen LogP contribution is -2.12. The van der Waals surface area contributed by atoms with Crippen molar-refractivity contribution in [1.29, 1.82) is 0 Å². The van der Waals surface area contributed by atoms with Crippen LogP contribution in [-0.4, -0.2) is 8.80 Å². The van der Waals surface area contributed by atoms with Gasteiger partial charge >= 0.3 is 0 Å². The molecule has 4 heteroatoms. The number of hydrogen-bond acceptors (Lipinski definition) is 2. The number of fused-ring (bicyclic) bond motifs is 12. The molecule has 15 rings (SSSR count). The Morgan fingerprint density at radius 1 is 0.200 bits per heavy atom. The van der Waals surface area contributed by atoms with E-state index in [4.69, 9.17) is 0 Å². The van der Waals surface area contributed by atoms with E-state index in [1.54, 1.807) is 0 Å². The predicted octanol–water partition coefficient (Wildman–Crippen LogP) is 18.3. The van der Waals surface area contributed by atoms with Gasteiger partial charge in [-0.3, -0.25) is 0 Å². The fraction of sp³-hybridized carbons (Fsp3) is 0. The summed E-state index contributed by atoms with van der Waals surface area (Å²) in [6, 6.07) is 93.5. The third kappa shape index (κ3) is 5.71. The molecule has 0 unspecified atom stereocenters. The van der Waals surface area contributed by atoms with Crippen LogP contribution < -0.4 is 9.80 Å². The smallest absolute Gasteiger partial charge is 0.0622 e. The van der Waals surface area contributed by atoms with Crippen molar-refractivity contribution in [2.45, 2.75) is 0 Å². The SMILES string of the molecule is c1ccc(-c2cccc(N(c3ccc(N(c4cc5c6ccccc6n6c7ccccc7c(c4)c56)c4cc5c6ccccc6n6c7ccccc7c(c4)c56)cc3)c3cccc(-c4ccccc4)c3)c2)cc1. The normalized spacial score (nSPS) is 12.0. The Morgan fingerprint density at radius 2 is 0.500 bits per heavy atom. The van der Waals surface area contributed by atoms with E-state index in [0.29, 0.717) is 0 Å². The zero-order valence-corrected chi connectivity index (χ0v) is 38.0. The number of rotatable bonds is 8. The largest absolute Gasteiger partial charge is 0.310 e. The van der Waals surface area contributed by atoms with Crippen LogP contribution >= 0.6 is 0 Å². The minimum atomic E-state index is 1.07. The highest BCUT2D eigenvalue weighted by Crippen LogP contribution is 2.49. The van der Waals surface area contributed by atoms with Crippen LogP contribution in [0.3, 0.4) is 0 Å². The molecule has 11 aromatic carbocycles. The van der Waals surface area contributed by atoms with Gasteiger partial charge in [-0.05, 0) is 119 Å². The second-order valence-electron chi connectivity index (χ2n) is 18.5. The predicted molar refractivity (Wildman–Crippen MR) is 296 cm³/mol. The average Bonchev–Trinajstić information content (AvgIpc) is 4.16. The van der Waals surface area contributed by atoms with Crippen molar-refractivity contribution >= 4 is 110 Å². The molecule has 0 saturated heterocycles. The first-order valence-corrected chi connectivity index (χ1v) is 24.1. The van der Waals surface area contributed by atoms with Crippen LogP contribution in [0.5, 0.6) is 0 Å². The average molecular weight is 891 g/mol. The first-order valence-electron chi connectivity index (χ1n) is 24.1. The lowest BCUT2D eigenvalue weighted by molar-refractivity contribution is 1.26. The number of nitrogens with zero attached hydrogens (tertiary/aromatic N) is 4. The van der Waals surface area contributed by atoms with Gasteiger partial charge in [0.15, 0.2) is 0 Å². The van der Waals surface area contributed by atoms with Crippen LogP contribution in [0.4, 0.5) is 34.1 Å². The van der Waals surface area contributed by atoms with Gasteiger partial charge in [0.25, 0.3) is 0 Å². The molecule has 4 aromatic heterocycles. The number of para-hydroxylation sites is 4. The van der Waals surface area contributed by atoms with E-state index >= 15 is 0 Å². The van der Waals surface area contributed by atoms with Crippen LogP contribution in [0, 0.1) is 0 Å². The summed E-state index contributed by atoms with van der Waals surface area (Å²) in [6.07, 6.45) is 0. The first-order chi connectivity index (χ1) is 34.7. The molecular formula is C66H42N4. The minimum Gasteiger partial charge on any atom is -0.310 e. The van der Waals surface area contributed by atoms with Gasteiger partial charge in [-0.1, -0.05) is 158 Å². The summed E-state index contributed by atoms with van der Waals surface area (Å²) in [6.45, 7) is 0. The summed E-state index contributed by atoms with van der Waals surface area (Å²) in [5.74, 6) is 0. The molecule has 15 aromatic rings. The number of benzene rings is 11. The molecule has 0 spiro atoms. The number of aromatic nitrogens is 2. The summed E-state index contributed by atoms with van der Waals surface area (Å²) in [5.41, 5.74) is 18.7. The van der Waals surface area contributed by atoms with Gasteiger partial charge in [0, 0.05) is 77.2 Å². The molecule has 70 heavy (non-hydrogen) atoms. The van der Waals surface area contributed by atoms with Gasteiger partial charge in [-0.25, -0.2) is 0 Å². The molecule has 0 fully saturated rings. The Kier molecular flexibility index (Phi) is 8.33. The van der Waals surface area contributed by atoms with E-state index in [1.807, 2.05) is 0 Å². The van der Waals surface area contributed by atoms with Gasteiger partial charge in [-0.2, -0.15) is 0 Å². The fourth-order valence-corrected chi connectivity index (χ4v) is 11.7. The van der Waals surface area contributed by atoms with Crippen molar-refractivity contribution < 1.29 is 0 Å². The van der Waals surface area contributed by atoms with Crippen LogP contribution in [0.2, 0.25) is 0 Å². The van der Waals surface area contributed by atoms with Crippen molar-refractivity contribution in [3.8, 4) is 22.3 Å². The molecule has 0 N–H and O–H groups in total. The molecule has 0 radical (unpaired) electrons. The summed E-state index contributed by atoms with van der Waals surface area (Å²) < 4.78 is 4.93. The van der Waals surface area contributed by atoms with Crippen molar-refractivity contribution in [3.63, 3.8) is 0 Å². The standard InChI is InChI=1S/C66H42N4/c1-3-17-43(18-4-1)45-21-15-23-49(37-45)67(50-24-16-22-46(38-50)44-19-5-2-6-20-44)47-33-35-48(36-34-47)68(51-39-57-53-25-7-11-29-61(53)69-62-30-12-8-26-54(62)58(40-51)65(57)69)52-41-59-55-27-9-13-31-63(55)70-64-32-14-10-28-56(64)60(42-52)66(59)70/h1-42H. The maximum absolute atomic E-state index is 2.49. The van der Waals surface area contributed by atoms with Gasteiger partial charge in [0.1, 0.15) is 0 Å². The van der Waals surface area contributed by atoms with E-state index in [2.05, 4.69) is 273 Å². The maximum atomic E-state index is 2.49. The minimum absolute atomic E-state index is 1.07. The van der Waals surface area contributed by atoms with E-state index in [-0.39, 0.29) is 0 Å². The van der Waals surface area contributed by atoms with E-state index in [9.17, 15) is 0 Å². The van der Waals surface area contributed by atoms with Crippen LogP contribution in [0.25, 0.3) is 98.4 Å². The Labute approximate surface area is 404 Å². The van der Waals surface area contributed by atoms with Crippen molar-refractivity contribution in [1.82, 2.24) is 8.80 Å². The van der Waals surface area contributed by atoms with E-state index in [0.717, 1.165) is 34.1 Å². The lowest BCUT2D eigenvalue weighted by Gasteiger charge is -2.29. The van der Waals surface area contributed by atoms with Crippen LogP contribution in [0.15, 0.2) is 255 Å². The van der Waals surface area contributed by atoms with Gasteiger partial charge in [-0.15, -0.1) is 0 Å². The Morgan fingerprint density at radius 3 is 0.857 bits per heavy atom. The van der Waals surface area contributed by atoms with Gasteiger partial charge in [0.05, 0.1) is 33.1 Å². The summed E-state index contributed by atoms with van der Waals surface area (Å²) in [5, 5.41) is 10.00. The topological polar surface area (TPSA) is 15.3 Å². The Balaban J connectivity index is 0.974. The molecule has 0 aliphatic heterocycles. The highest BCUT2D eigenvalue weighted by Gasteiger charge is 2.25. The fourth-order valence-electron chi connectivity index (χ4n) is 11.7. The molecule has 0 atom stereocenters. The molecule has 0 amide bonds. The van der Waals surface area contributed by atoms with Crippen molar-refractivity contribution in [2.24, 2.45) is 0 Å². The highest BCUT2D eigenvalue weighted by molar-refractivity contribution is 6.26. The van der Waals surface area contributed by atoms with Crippen molar-refractivity contribution in [3.05, 3.63) is 255 Å². The second-order valence-corrected chi connectivity index (χ2v) is 18.5. The van der Waals surface area contributed by atoms with E-state index in [1.165, 1.54) is 98.4 Å². The second kappa shape index (κ2) is 15.1. The number of anilines is 6. The van der Waals surface area contributed by atoms with Gasteiger partial charge < -0.3 is 18.6 Å².